The number of hydrogen-bond donors (Lipinski definition) is 1. The molecular formula is C9H6N4O2S. The lowest BCUT2D eigenvalue weighted by Crippen LogP contribution is -1.83. The molecule has 0 bridgehead atoms. The van der Waals surface area contributed by atoms with Crippen LogP contribution in [0.3, 0.4) is 0 Å². The maximum Gasteiger partial charge on any atom is 0.277 e. The molecule has 3 aromatic heterocycles. The summed E-state index contributed by atoms with van der Waals surface area (Å²) in [6, 6.07) is 3.51. The quantitative estimate of drug-likeness (QED) is 0.729. The molecule has 0 unspecified atom stereocenters. The van der Waals surface area contributed by atoms with E-state index in [-0.39, 0.29) is 0 Å². The molecule has 0 spiro atoms. The second-order valence-electron chi connectivity index (χ2n) is 2.97. The molecule has 3 heterocycles. The summed E-state index contributed by atoms with van der Waals surface area (Å²) in [5, 5.41) is 6.01. The summed E-state index contributed by atoms with van der Waals surface area (Å²) in [4.78, 5) is 8.20. The molecule has 0 atom stereocenters. The molecule has 0 amide bonds. The van der Waals surface area contributed by atoms with Crippen LogP contribution in [0.5, 0.6) is 0 Å². The average molecular weight is 234 g/mol. The number of rotatable bonds is 2. The first-order chi connectivity index (χ1) is 7.83. The number of nitrogens with two attached hydrogens (primary N) is 1. The van der Waals surface area contributed by atoms with Crippen molar-refractivity contribution in [2.45, 2.75) is 0 Å². The second-order valence-corrected chi connectivity index (χ2v) is 3.86. The van der Waals surface area contributed by atoms with E-state index in [4.69, 9.17) is 14.7 Å². The number of nitrogens with zero attached hydrogens (tertiary/aromatic N) is 3. The fourth-order valence-corrected chi connectivity index (χ4v) is 1.76. The van der Waals surface area contributed by atoms with Crippen molar-refractivity contribution in [2.24, 2.45) is 0 Å². The third kappa shape index (κ3) is 1.47. The summed E-state index contributed by atoms with van der Waals surface area (Å²) in [7, 11) is 0. The first kappa shape index (κ1) is 9.10. The van der Waals surface area contributed by atoms with Gasteiger partial charge in [0.15, 0.2) is 10.9 Å². The maximum atomic E-state index is 5.52. The van der Waals surface area contributed by atoms with Gasteiger partial charge in [-0.1, -0.05) is 5.16 Å². The van der Waals surface area contributed by atoms with Crippen molar-refractivity contribution in [1.29, 1.82) is 0 Å². The molecule has 0 fully saturated rings. The minimum Gasteiger partial charge on any atom is -0.461 e. The van der Waals surface area contributed by atoms with E-state index in [9.17, 15) is 0 Å². The minimum atomic E-state index is 0.333. The normalized spacial score (nSPS) is 10.8. The predicted molar refractivity (Wildman–Crippen MR) is 57.5 cm³/mol. The van der Waals surface area contributed by atoms with Crippen LogP contribution in [0.1, 0.15) is 0 Å². The number of hydrogen-bond acceptors (Lipinski definition) is 7. The van der Waals surface area contributed by atoms with Crippen molar-refractivity contribution in [2.75, 3.05) is 5.73 Å². The number of thiazole rings is 1. The molecule has 6 nitrogen and oxygen atoms in total. The summed E-state index contributed by atoms with van der Waals surface area (Å²) in [6.45, 7) is 0. The standard InChI is InChI=1S/C9H6N4O2S/c10-9-11-5(4-16-9)8-12-7(13-15-8)6-2-1-3-14-6/h1-4H,(H2,10,11). The van der Waals surface area contributed by atoms with Crippen LogP contribution >= 0.6 is 11.3 Å². The Morgan fingerprint density at radius 1 is 1.31 bits per heavy atom. The molecule has 0 radical (unpaired) electrons. The van der Waals surface area contributed by atoms with Crippen molar-refractivity contribution >= 4 is 16.5 Å². The molecule has 2 N–H and O–H groups in total. The Morgan fingerprint density at radius 2 is 2.25 bits per heavy atom. The number of aromatic nitrogens is 3. The molecule has 3 aromatic rings. The molecule has 0 aliphatic heterocycles. The van der Waals surface area contributed by atoms with E-state index >= 15 is 0 Å². The molecule has 0 saturated heterocycles. The third-order valence-electron chi connectivity index (χ3n) is 1.91. The smallest absolute Gasteiger partial charge is 0.277 e. The molecule has 0 aliphatic rings. The van der Waals surface area contributed by atoms with E-state index in [1.165, 1.54) is 11.3 Å². The van der Waals surface area contributed by atoms with Crippen molar-refractivity contribution in [3.63, 3.8) is 0 Å². The highest BCUT2D eigenvalue weighted by molar-refractivity contribution is 7.13. The van der Waals surface area contributed by atoms with Gasteiger partial charge in [-0.25, -0.2) is 4.98 Å². The van der Waals surface area contributed by atoms with Gasteiger partial charge < -0.3 is 14.7 Å². The minimum absolute atomic E-state index is 0.333. The van der Waals surface area contributed by atoms with Gasteiger partial charge in [0.1, 0.15) is 5.69 Å². The highest BCUT2D eigenvalue weighted by Crippen LogP contribution is 2.24. The van der Waals surface area contributed by atoms with E-state index in [0.717, 1.165) is 0 Å². The number of anilines is 1. The molecule has 3 rings (SSSR count). The van der Waals surface area contributed by atoms with E-state index in [1.54, 1.807) is 23.8 Å². The zero-order valence-corrected chi connectivity index (χ0v) is 8.77. The van der Waals surface area contributed by atoms with E-state index in [1.807, 2.05) is 0 Å². The van der Waals surface area contributed by atoms with Crippen molar-refractivity contribution in [3.8, 4) is 23.2 Å². The lowest BCUT2D eigenvalue weighted by molar-refractivity contribution is 0.428. The predicted octanol–water partition coefficient (Wildman–Crippen LogP) is 2.04. The Balaban J connectivity index is 2.00. The fourth-order valence-electron chi connectivity index (χ4n) is 1.22. The van der Waals surface area contributed by atoms with Crippen molar-refractivity contribution < 1.29 is 8.94 Å². The van der Waals surface area contributed by atoms with Crippen molar-refractivity contribution in [1.82, 2.24) is 15.1 Å². The Hall–Kier alpha value is -2.15. The topological polar surface area (TPSA) is 91.0 Å². The van der Waals surface area contributed by atoms with Crippen LogP contribution in [-0.2, 0) is 0 Å². The Bertz CT molecular complexity index is 599. The molecule has 7 heteroatoms. The summed E-state index contributed by atoms with van der Waals surface area (Å²) in [5.74, 6) is 1.28. The molecule has 80 valence electrons. The highest BCUT2D eigenvalue weighted by Gasteiger charge is 2.14. The van der Waals surface area contributed by atoms with Gasteiger partial charge in [-0.05, 0) is 12.1 Å². The molecule has 0 aliphatic carbocycles. The summed E-state index contributed by atoms with van der Waals surface area (Å²) >= 11 is 1.32. The number of nitrogen functional groups attached to an aromatic ring is 1. The van der Waals surface area contributed by atoms with Gasteiger partial charge in [0.2, 0.25) is 5.82 Å². The van der Waals surface area contributed by atoms with Crippen LogP contribution in [0.25, 0.3) is 23.2 Å². The van der Waals surface area contributed by atoms with Gasteiger partial charge >= 0.3 is 0 Å². The van der Waals surface area contributed by atoms with Crippen LogP contribution in [0.2, 0.25) is 0 Å². The Labute approximate surface area is 93.7 Å². The first-order valence-corrected chi connectivity index (χ1v) is 5.30. The Kier molecular flexibility index (Phi) is 1.97. The zero-order chi connectivity index (χ0) is 11.0. The van der Waals surface area contributed by atoms with Crippen LogP contribution in [-0.4, -0.2) is 15.1 Å². The van der Waals surface area contributed by atoms with Gasteiger partial charge in [0.25, 0.3) is 5.89 Å². The second kappa shape index (κ2) is 3.46. The summed E-state index contributed by atoms with van der Waals surface area (Å²) < 4.78 is 10.2. The van der Waals surface area contributed by atoms with Crippen LogP contribution in [0, 0.1) is 0 Å². The summed E-state index contributed by atoms with van der Waals surface area (Å²) in [6.07, 6.45) is 1.55. The van der Waals surface area contributed by atoms with E-state index < -0.39 is 0 Å². The molecule has 16 heavy (non-hydrogen) atoms. The van der Waals surface area contributed by atoms with Gasteiger partial charge in [0.05, 0.1) is 6.26 Å². The number of furan rings is 1. The monoisotopic (exact) mass is 234 g/mol. The molecular weight excluding hydrogens is 228 g/mol. The lowest BCUT2D eigenvalue weighted by Gasteiger charge is -1.83. The van der Waals surface area contributed by atoms with E-state index in [2.05, 4.69) is 15.1 Å². The van der Waals surface area contributed by atoms with Gasteiger partial charge in [0, 0.05) is 5.38 Å². The highest BCUT2D eigenvalue weighted by atomic mass is 32.1. The third-order valence-corrected chi connectivity index (χ3v) is 2.58. The average Bonchev–Trinajstić information content (AvgIpc) is 2.97. The molecule has 0 saturated carbocycles. The fraction of sp³-hybridized carbons (Fsp3) is 0. The molecule has 0 aromatic carbocycles. The van der Waals surface area contributed by atoms with Crippen molar-refractivity contribution in [3.05, 3.63) is 23.8 Å². The maximum absolute atomic E-state index is 5.52. The van der Waals surface area contributed by atoms with E-state index in [0.29, 0.717) is 28.3 Å². The zero-order valence-electron chi connectivity index (χ0n) is 7.95. The largest absolute Gasteiger partial charge is 0.461 e. The van der Waals surface area contributed by atoms with Gasteiger partial charge in [-0.2, -0.15) is 4.98 Å². The lowest BCUT2D eigenvalue weighted by atomic mass is 10.4. The van der Waals surface area contributed by atoms with Crippen LogP contribution < -0.4 is 5.73 Å². The first-order valence-electron chi connectivity index (χ1n) is 4.42. The van der Waals surface area contributed by atoms with Crippen LogP contribution in [0.15, 0.2) is 32.7 Å². The van der Waals surface area contributed by atoms with Crippen LogP contribution in [0.4, 0.5) is 5.13 Å². The Morgan fingerprint density at radius 3 is 2.94 bits per heavy atom. The van der Waals surface area contributed by atoms with Gasteiger partial charge in [-0.15, -0.1) is 11.3 Å². The SMILES string of the molecule is Nc1nc(-c2nc(-c3ccco3)no2)cs1. The van der Waals surface area contributed by atoms with Gasteiger partial charge in [-0.3, -0.25) is 0 Å². The summed E-state index contributed by atoms with van der Waals surface area (Å²) in [5.41, 5.74) is 6.09.